The standard InChI is InChI=1S/C28H29N9O2/c1-18-11-19(3-6-25(18)39-21-4-5-24-22(12-21)32-17-35(24)2)33-27-26-23(30-16-31-27)13-29-28(34-26)37-9-7-36(8-10-37)20-14-38-15-20/h3-6,11-13,16-17,20H,7-10,14-15H2,1-2H3,(H,30,31,33). The molecule has 198 valence electrons. The highest BCUT2D eigenvalue weighted by Crippen LogP contribution is 2.31. The molecule has 0 atom stereocenters. The number of nitrogens with one attached hydrogen (secondary N) is 1. The van der Waals surface area contributed by atoms with Crippen LogP contribution in [0.25, 0.3) is 22.1 Å². The van der Waals surface area contributed by atoms with Crippen LogP contribution in [0.15, 0.2) is 55.2 Å². The average Bonchev–Trinajstić information content (AvgIpc) is 3.29. The Labute approximate surface area is 225 Å². The lowest BCUT2D eigenvalue weighted by Crippen LogP contribution is -2.56. The number of rotatable bonds is 6. The molecule has 1 N–H and O–H groups in total. The predicted molar refractivity (Wildman–Crippen MR) is 149 cm³/mol. The SMILES string of the molecule is Cc1cc(Nc2ncnc3cnc(N4CCN(C5COC5)CC4)nc23)ccc1Oc1ccc2c(c1)ncn2C. The van der Waals surface area contributed by atoms with Gasteiger partial charge in [0, 0.05) is 45.0 Å². The molecule has 5 aromatic rings. The first kappa shape index (κ1) is 23.7. The smallest absolute Gasteiger partial charge is 0.226 e. The molecule has 0 bridgehead atoms. The van der Waals surface area contributed by atoms with Gasteiger partial charge in [-0.1, -0.05) is 0 Å². The normalized spacial score (nSPS) is 16.5. The first-order chi connectivity index (χ1) is 19.1. The quantitative estimate of drug-likeness (QED) is 0.354. The molecule has 2 saturated heterocycles. The van der Waals surface area contributed by atoms with Crippen LogP contribution in [-0.2, 0) is 11.8 Å². The maximum absolute atomic E-state index is 6.18. The molecule has 0 unspecified atom stereocenters. The molecule has 39 heavy (non-hydrogen) atoms. The van der Waals surface area contributed by atoms with E-state index in [1.54, 1.807) is 12.5 Å². The van der Waals surface area contributed by atoms with Gasteiger partial charge in [-0.15, -0.1) is 0 Å². The lowest BCUT2D eigenvalue weighted by molar-refractivity contribution is -0.0661. The highest BCUT2D eigenvalue weighted by atomic mass is 16.5. The maximum atomic E-state index is 6.18. The molecule has 2 fully saturated rings. The fourth-order valence-corrected chi connectivity index (χ4v) is 5.09. The molecule has 11 heteroatoms. The highest BCUT2D eigenvalue weighted by molar-refractivity contribution is 5.87. The van der Waals surface area contributed by atoms with Gasteiger partial charge in [-0.25, -0.2) is 24.9 Å². The molecular formula is C28H29N9O2. The molecule has 7 rings (SSSR count). The summed E-state index contributed by atoms with van der Waals surface area (Å²) in [5, 5.41) is 3.42. The van der Waals surface area contributed by atoms with Gasteiger partial charge in [-0.05, 0) is 42.8 Å². The number of hydrogen-bond donors (Lipinski definition) is 1. The Morgan fingerprint density at radius 2 is 1.82 bits per heavy atom. The van der Waals surface area contributed by atoms with Gasteiger partial charge in [0.25, 0.3) is 0 Å². The van der Waals surface area contributed by atoms with Crippen molar-refractivity contribution in [2.24, 2.45) is 7.05 Å². The zero-order valence-electron chi connectivity index (χ0n) is 21.9. The number of anilines is 3. The Morgan fingerprint density at radius 3 is 2.62 bits per heavy atom. The number of piperazine rings is 1. The Kier molecular flexibility index (Phi) is 5.94. The minimum Gasteiger partial charge on any atom is -0.457 e. The molecule has 5 heterocycles. The number of hydrogen-bond acceptors (Lipinski definition) is 10. The van der Waals surface area contributed by atoms with Crippen LogP contribution in [-0.4, -0.2) is 79.8 Å². The number of benzene rings is 2. The first-order valence-corrected chi connectivity index (χ1v) is 13.1. The van der Waals surface area contributed by atoms with Gasteiger partial charge in [-0.2, -0.15) is 0 Å². The summed E-state index contributed by atoms with van der Waals surface area (Å²) in [7, 11) is 1.98. The van der Waals surface area contributed by atoms with Crippen LogP contribution in [0.4, 0.5) is 17.5 Å². The topological polar surface area (TPSA) is 106 Å². The molecule has 0 radical (unpaired) electrons. The van der Waals surface area contributed by atoms with Crippen molar-refractivity contribution in [1.82, 2.24) is 34.4 Å². The van der Waals surface area contributed by atoms with Crippen molar-refractivity contribution in [2.75, 3.05) is 49.6 Å². The fourth-order valence-electron chi connectivity index (χ4n) is 5.09. The van der Waals surface area contributed by atoms with E-state index in [0.717, 1.165) is 73.2 Å². The van der Waals surface area contributed by atoms with Crippen LogP contribution >= 0.6 is 0 Å². The van der Waals surface area contributed by atoms with E-state index in [1.165, 1.54) is 6.33 Å². The van der Waals surface area contributed by atoms with Gasteiger partial charge in [0.1, 0.15) is 28.9 Å². The molecule has 3 aromatic heterocycles. The van der Waals surface area contributed by atoms with Gasteiger partial charge < -0.3 is 24.3 Å². The van der Waals surface area contributed by atoms with E-state index < -0.39 is 0 Å². The van der Waals surface area contributed by atoms with Crippen molar-refractivity contribution in [3.63, 3.8) is 0 Å². The van der Waals surface area contributed by atoms with Gasteiger partial charge in [0.2, 0.25) is 5.95 Å². The van der Waals surface area contributed by atoms with Crippen molar-refractivity contribution < 1.29 is 9.47 Å². The van der Waals surface area contributed by atoms with Crippen LogP contribution < -0.4 is 15.0 Å². The van der Waals surface area contributed by atoms with Crippen LogP contribution in [0.5, 0.6) is 11.5 Å². The van der Waals surface area contributed by atoms with Gasteiger partial charge in [0.05, 0.1) is 42.8 Å². The number of fused-ring (bicyclic) bond motifs is 2. The van der Waals surface area contributed by atoms with Crippen molar-refractivity contribution >= 4 is 39.5 Å². The Morgan fingerprint density at radius 1 is 0.949 bits per heavy atom. The van der Waals surface area contributed by atoms with Gasteiger partial charge in [0.15, 0.2) is 5.82 Å². The number of ether oxygens (including phenoxy) is 2. The summed E-state index contributed by atoms with van der Waals surface area (Å²) in [6.07, 6.45) is 5.11. The third kappa shape index (κ3) is 4.59. The molecule has 2 aromatic carbocycles. The van der Waals surface area contributed by atoms with Gasteiger partial charge in [-0.3, -0.25) is 4.90 Å². The lowest BCUT2D eigenvalue weighted by atomic mass is 10.2. The summed E-state index contributed by atoms with van der Waals surface area (Å²) in [6.45, 7) is 7.43. The minimum absolute atomic E-state index is 0.554. The van der Waals surface area contributed by atoms with Gasteiger partial charge >= 0.3 is 0 Å². The monoisotopic (exact) mass is 523 g/mol. The molecule has 0 amide bonds. The van der Waals surface area contributed by atoms with E-state index in [2.05, 4.69) is 35.1 Å². The third-order valence-electron chi connectivity index (χ3n) is 7.46. The fraction of sp³-hybridized carbons (Fsp3) is 0.321. The summed E-state index contributed by atoms with van der Waals surface area (Å²) in [6, 6.07) is 12.4. The zero-order chi connectivity index (χ0) is 26.3. The van der Waals surface area contributed by atoms with E-state index in [4.69, 9.17) is 14.5 Å². The number of imidazole rings is 1. The molecule has 2 aliphatic heterocycles. The second-order valence-electron chi connectivity index (χ2n) is 10.1. The van der Waals surface area contributed by atoms with E-state index in [1.807, 2.05) is 54.9 Å². The molecule has 0 saturated carbocycles. The zero-order valence-corrected chi connectivity index (χ0v) is 21.9. The summed E-state index contributed by atoms with van der Waals surface area (Å²) in [5.74, 6) is 2.87. The van der Waals surface area contributed by atoms with Crippen LogP contribution in [0, 0.1) is 6.92 Å². The first-order valence-electron chi connectivity index (χ1n) is 13.1. The van der Waals surface area contributed by atoms with Crippen molar-refractivity contribution in [3.8, 4) is 11.5 Å². The Balaban J connectivity index is 1.09. The number of aromatic nitrogens is 6. The largest absolute Gasteiger partial charge is 0.457 e. The summed E-state index contributed by atoms with van der Waals surface area (Å²) in [4.78, 5) is 27.5. The number of aryl methyl sites for hydroxylation is 2. The molecule has 0 aliphatic carbocycles. The van der Waals surface area contributed by atoms with Crippen molar-refractivity contribution in [2.45, 2.75) is 13.0 Å². The van der Waals surface area contributed by atoms with E-state index in [-0.39, 0.29) is 0 Å². The lowest BCUT2D eigenvalue weighted by Gasteiger charge is -2.42. The minimum atomic E-state index is 0.554. The Hall–Kier alpha value is -4.35. The number of nitrogens with zero attached hydrogens (tertiary/aromatic N) is 8. The summed E-state index contributed by atoms with van der Waals surface area (Å²) in [5.41, 5.74) is 5.23. The second-order valence-corrected chi connectivity index (χ2v) is 10.1. The highest BCUT2D eigenvalue weighted by Gasteiger charge is 2.29. The van der Waals surface area contributed by atoms with E-state index >= 15 is 0 Å². The van der Waals surface area contributed by atoms with Crippen LogP contribution in [0.3, 0.4) is 0 Å². The second kappa shape index (κ2) is 9.75. The van der Waals surface area contributed by atoms with Crippen molar-refractivity contribution in [1.29, 1.82) is 0 Å². The van der Waals surface area contributed by atoms with Crippen molar-refractivity contribution in [3.05, 3.63) is 60.8 Å². The predicted octanol–water partition coefficient (Wildman–Crippen LogP) is 3.67. The van der Waals surface area contributed by atoms with E-state index in [9.17, 15) is 0 Å². The average molecular weight is 524 g/mol. The molecule has 11 nitrogen and oxygen atoms in total. The molecule has 0 spiro atoms. The summed E-state index contributed by atoms with van der Waals surface area (Å²) >= 11 is 0. The molecule has 2 aliphatic rings. The Bertz CT molecular complexity index is 1660. The maximum Gasteiger partial charge on any atom is 0.226 e. The van der Waals surface area contributed by atoms with Crippen LogP contribution in [0.1, 0.15) is 5.56 Å². The molecular weight excluding hydrogens is 494 g/mol. The summed E-state index contributed by atoms with van der Waals surface area (Å²) < 4.78 is 13.5. The third-order valence-corrected chi connectivity index (χ3v) is 7.46. The van der Waals surface area contributed by atoms with Crippen LogP contribution in [0.2, 0.25) is 0 Å². The van der Waals surface area contributed by atoms with E-state index in [0.29, 0.717) is 28.8 Å².